The number of piperidine rings is 1. The van der Waals surface area contributed by atoms with Crippen molar-refractivity contribution in [3.63, 3.8) is 0 Å². The molecule has 1 atom stereocenters. The second-order valence-electron chi connectivity index (χ2n) is 7.98. The lowest BCUT2D eigenvalue weighted by Crippen LogP contribution is -2.42. The van der Waals surface area contributed by atoms with Gasteiger partial charge in [0.05, 0.1) is 22.7 Å². The molecular formula is C23H22ClF3N4O2. The first-order valence-corrected chi connectivity index (χ1v) is 10.9. The number of rotatable bonds is 5. The Morgan fingerprint density at radius 1 is 1.24 bits per heavy atom. The third kappa shape index (κ3) is 5.30. The summed E-state index contributed by atoms with van der Waals surface area (Å²) in [6.07, 6.45) is -1.37. The molecule has 6 nitrogen and oxygen atoms in total. The van der Waals surface area contributed by atoms with Crippen LogP contribution < -0.4 is 5.32 Å². The van der Waals surface area contributed by atoms with Crippen LogP contribution in [0.3, 0.4) is 0 Å². The number of nitrogens with one attached hydrogen (secondary N) is 1. The third-order valence-corrected chi connectivity index (χ3v) is 5.94. The summed E-state index contributed by atoms with van der Waals surface area (Å²) < 4.78 is 43.9. The number of carbonyl (C=O) groups excluding carboxylic acids is 1. The van der Waals surface area contributed by atoms with Crippen LogP contribution in [0.4, 0.5) is 18.9 Å². The van der Waals surface area contributed by atoms with E-state index in [9.17, 15) is 18.0 Å². The zero-order valence-corrected chi connectivity index (χ0v) is 18.6. The first-order chi connectivity index (χ1) is 15.7. The molecule has 174 valence electrons. The fourth-order valence-electron chi connectivity index (χ4n) is 3.81. The van der Waals surface area contributed by atoms with Gasteiger partial charge in [-0.05, 0) is 56.5 Å². The van der Waals surface area contributed by atoms with Crippen LogP contribution in [-0.2, 0) is 12.7 Å². The average Bonchev–Trinajstić information content (AvgIpc) is 3.26. The van der Waals surface area contributed by atoms with Crippen LogP contribution in [0.5, 0.6) is 0 Å². The van der Waals surface area contributed by atoms with Crippen molar-refractivity contribution in [1.29, 1.82) is 0 Å². The Hall–Kier alpha value is -3.07. The smallest absolute Gasteiger partial charge is 0.376 e. The van der Waals surface area contributed by atoms with E-state index in [1.807, 2.05) is 11.8 Å². The number of aromatic nitrogens is 2. The summed E-state index contributed by atoms with van der Waals surface area (Å²) in [5.74, 6) is 0.176. The SMILES string of the molecule is C[C@H]1CCCCN1C(=O)c1ccc(NCc2nc(-c3cccc(C(F)(F)F)c3)no2)cc1Cl. The monoisotopic (exact) mass is 478 g/mol. The summed E-state index contributed by atoms with van der Waals surface area (Å²) in [5, 5.41) is 7.17. The fraction of sp³-hybridized carbons (Fsp3) is 0.348. The predicted molar refractivity (Wildman–Crippen MR) is 118 cm³/mol. The number of carbonyl (C=O) groups is 1. The molecule has 2 aromatic carbocycles. The second kappa shape index (κ2) is 9.43. The lowest BCUT2D eigenvalue weighted by molar-refractivity contribution is -0.137. The summed E-state index contributed by atoms with van der Waals surface area (Å²) in [4.78, 5) is 18.9. The Labute approximate surface area is 193 Å². The highest BCUT2D eigenvalue weighted by Gasteiger charge is 2.31. The van der Waals surface area contributed by atoms with Crippen molar-refractivity contribution in [1.82, 2.24) is 15.0 Å². The highest BCUT2D eigenvalue weighted by Crippen LogP contribution is 2.31. The largest absolute Gasteiger partial charge is 0.416 e. The van der Waals surface area contributed by atoms with Crippen molar-refractivity contribution >= 4 is 23.2 Å². The van der Waals surface area contributed by atoms with Crippen molar-refractivity contribution in [2.45, 2.75) is 44.9 Å². The Balaban J connectivity index is 1.42. The summed E-state index contributed by atoms with van der Waals surface area (Å²) in [6.45, 7) is 2.90. The van der Waals surface area contributed by atoms with Gasteiger partial charge in [-0.15, -0.1) is 0 Å². The first kappa shape index (κ1) is 23.1. The van der Waals surface area contributed by atoms with Gasteiger partial charge < -0.3 is 14.7 Å². The molecule has 10 heteroatoms. The van der Waals surface area contributed by atoms with Crippen molar-refractivity contribution in [3.05, 3.63) is 64.5 Å². The molecule has 0 unspecified atom stereocenters. The molecule has 1 saturated heterocycles. The van der Waals surface area contributed by atoms with Gasteiger partial charge in [0.1, 0.15) is 0 Å². The maximum Gasteiger partial charge on any atom is 0.416 e. The number of hydrogen-bond donors (Lipinski definition) is 1. The van der Waals surface area contributed by atoms with E-state index in [1.54, 1.807) is 18.2 Å². The van der Waals surface area contributed by atoms with E-state index in [2.05, 4.69) is 15.5 Å². The van der Waals surface area contributed by atoms with Gasteiger partial charge in [0.2, 0.25) is 11.7 Å². The third-order valence-electron chi connectivity index (χ3n) is 5.62. The Morgan fingerprint density at radius 2 is 2.06 bits per heavy atom. The number of benzene rings is 2. The van der Waals surface area contributed by atoms with Crippen LogP contribution in [0, 0.1) is 0 Å². The predicted octanol–water partition coefficient (Wildman–Crippen LogP) is 6.04. The molecule has 3 aromatic rings. The Bertz CT molecular complexity index is 1150. The Morgan fingerprint density at radius 3 is 2.79 bits per heavy atom. The highest BCUT2D eigenvalue weighted by atomic mass is 35.5. The molecule has 1 aliphatic heterocycles. The molecule has 1 amide bonds. The van der Waals surface area contributed by atoms with Gasteiger partial charge in [-0.2, -0.15) is 18.2 Å². The number of anilines is 1. The van der Waals surface area contributed by atoms with Gasteiger partial charge in [0.25, 0.3) is 5.91 Å². The normalized spacial score (nSPS) is 16.6. The van der Waals surface area contributed by atoms with Crippen molar-refractivity contribution in [2.75, 3.05) is 11.9 Å². The summed E-state index contributed by atoms with van der Waals surface area (Å²) in [6, 6.07) is 9.97. The molecule has 1 fully saturated rings. The molecule has 2 heterocycles. The van der Waals surface area contributed by atoms with E-state index in [1.165, 1.54) is 12.1 Å². The first-order valence-electron chi connectivity index (χ1n) is 10.6. The second-order valence-corrected chi connectivity index (χ2v) is 8.39. The highest BCUT2D eigenvalue weighted by molar-refractivity contribution is 6.34. The van der Waals surface area contributed by atoms with Gasteiger partial charge in [-0.1, -0.05) is 28.9 Å². The summed E-state index contributed by atoms with van der Waals surface area (Å²) >= 11 is 6.38. The molecule has 4 rings (SSSR count). The lowest BCUT2D eigenvalue weighted by Gasteiger charge is -2.33. The molecule has 0 radical (unpaired) electrons. The van der Waals surface area contributed by atoms with E-state index in [4.69, 9.17) is 16.1 Å². The minimum atomic E-state index is -4.46. The Kier molecular flexibility index (Phi) is 6.60. The molecule has 1 aliphatic rings. The van der Waals surface area contributed by atoms with Gasteiger partial charge in [0, 0.05) is 23.8 Å². The zero-order chi connectivity index (χ0) is 23.6. The zero-order valence-electron chi connectivity index (χ0n) is 17.8. The molecule has 1 N–H and O–H groups in total. The van der Waals surface area contributed by atoms with Crippen LogP contribution >= 0.6 is 11.6 Å². The number of alkyl halides is 3. The van der Waals surface area contributed by atoms with Crippen LogP contribution in [0.2, 0.25) is 5.02 Å². The van der Waals surface area contributed by atoms with Gasteiger partial charge in [-0.25, -0.2) is 0 Å². The number of amides is 1. The fourth-order valence-corrected chi connectivity index (χ4v) is 4.07. The van der Waals surface area contributed by atoms with Crippen molar-refractivity contribution in [2.24, 2.45) is 0 Å². The van der Waals surface area contributed by atoms with Crippen molar-refractivity contribution in [3.8, 4) is 11.4 Å². The lowest BCUT2D eigenvalue weighted by atomic mass is 10.0. The molecule has 0 bridgehead atoms. The molecule has 1 aromatic heterocycles. The summed E-state index contributed by atoms with van der Waals surface area (Å²) in [7, 11) is 0. The standard InChI is InChI=1S/C23H22ClF3N4O2/c1-14-5-2-3-10-31(14)22(32)18-9-8-17(12-19(18)24)28-13-20-29-21(30-33-20)15-6-4-7-16(11-15)23(25,26)27/h4,6-9,11-12,14,28H,2-3,5,10,13H2,1H3/t14-/m0/s1. The van der Waals surface area contributed by atoms with Crippen LogP contribution in [0.1, 0.15) is 48.0 Å². The quantitative estimate of drug-likeness (QED) is 0.484. The van der Waals surface area contributed by atoms with Crippen LogP contribution in [0.25, 0.3) is 11.4 Å². The topological polar surface area (TPSA) is 71.3 Å². The van der Waals surface area contributed by atoms with E-state index in [-0.39, 0.29) is 35.8 Å². The number of nitrogens with zero attached hydrogens (tertiary/aromatic N) is 3. The maximum absolute atomic E-state index is 12.9. The number of halogens is 4. The maximum atomic E-state index is 12.9. The number of likely N-dealkylation sites (tertiary alicyclic amines) is 1. The molecule has 0 aliphatic carbocycles. The summed E-state index contributed by atoms with van der Waals surface area (Å²) in [5.41, 5.74) is 0.507. The molecule has 33 heavy (non-hydrogen) atoms. The van der Waals surface area contributed by atoms with Gasteiger partial charge in [-0.3, -0.25) is 4.79 Å². The van der Waals surface area contributed by atoms with E-state index < -0.39 is 11.7 Å². The average molecular weight is 479 g/mol. The minimum Gasteiger partial charge on any atom is -0.376 e. The van der Waals surface area contributed by atoms with Crippen LogP contribution in [-0.4, -0.2) is 33.5 Å². The van der Waals surface area contributed by atoms with Crippen molar-refractivity contribution < 1.29 is 22.5 Å². The minimum absolute atomic E-state index is 0.0625. The molecular weight excluding hydrogens is 457 g/mol. The van der Waals surface area contributed by atoms with E-state index >= 15 is 0 Å². The van der Waals surface area contributed by atoms with Gasteiger partial charge >= 0.3 is 6.18 Å². The van der Waals surface area contributed by atoms with E-state index in [0.717, 1.165) is 37.9 Å². The van der Waals surface area contributed by atoms with E-state index in [0.29, 0.717) is 16.3 Å². The molecule has 0 spiro atoms. The molecule has 0 saturated carbocycles. The van der Waals surface area contributed by atoms with Crippen LogP contribution in [0.15, 0.2) is 47.0 Å². The van der Waals surface area contributed by atoms with Gasteiger partial charge in [0.15, 0.2) is 0 Å². The number of hydrogen-bond acceptors (Lipinski definition) is 5.